The van der Waals surface area contributed by atoms with Gasteiger partial charge in [0.15, 0.2) is 0 Å². The van der Waals surface area contributed by atoms with Gasteiger partial charge in [-0.3, -0.25) is 14.5 Å². The maximum absolute atomic E-state index is 13.7. The summed E-state index contributed by atoms with van der Waals surface area (Å²) in [5.74, 6) is -0.724. The van der Waals surface area contributed by atoms with Gasteiger partial charge in [-0.05, 0) is 73.7 Å². The van der Waals surface area contributed by atoms with Gasteiger partial charge in [0.1, 0.15) is 16.7 Å². The van der Waals surface area contributed by atoms with Gasteiger partial charge in [0.2, 0.25) is 5.91 Å². The van der Waals surface area contributed by atoms with Crippen LogP contribution < -0.4 is 10.2 Å². The van der Waals surface area contributed by atoms with Crippen molar-refractivity contribution >= 4 is 46.6 Å². The van der Waals surface area contributed by atoms with E-state index in [0.29, 0.717) is 27.8 Å². The molecule has 176 valence electrons. The average molecular weight is 502 g/mol. The SMILES string of the molecule is Cc1cccc(NC(=O)/C(C#N)=C2\SC(Cc3ccc(C)c(Cl)c3)C(=O)N2c2ccccc2C)c1. The number of nitrogens with zero attached hydrogens (tertiary/aromatic N) is 2. The fourth-order valence-corrected chi connectivity index (χ4v) is 5.42. The van der Waals surface area contributed by atoms with Crippen LogP contribution in [0, 0.1) is 32.1 Å². The van der Waals surface area contributed by atoms with Gasteiger partial charge in [-0.25, -0.2) is 0 Å². The summed E-state index contributed by atoms with van der Waals surface area (Å²) in [6, 6.07) is 22.6. The van der Waals surface area contributed by atoms with E-state index in [2.05, 4.69) is 11.4 Å². The van der Waals surface area contributed by atoms with Crippen molar-refractivity contribution in [3.8, 4) is 6.07 Å². The second-order valence-electron chi connectivity index (χ2n) is 8.47. The lowest BCUT2D eigenvalue weighted by molar-refractivity contribution is -0.117. The lowest BCUT2D eigenvalue weighted by atomic mass is 10.1. The number of aryl methyl sites for hydroxylation is 3. The number of carbonyl (C=O) groups is 2. The van der Waals surface area contributed by atoms with Crippen LogP contribution in [-0.2, 0) is 16.0 Å². The van der Waals surface area contributed by atoms with Crippen LogP contribution in [0.2, 0.25) is 5.02 Å². The van der Waals surface area contributed by atoms with E-state index in [4.69, 9.17) is 11.6 Å². The number of hydrogen-bond acceptors (Lipinski definition) is 4. The van der Waals surface area contributed by atoms with E-state index in [1.165, 1.54) is 16.7 Å². The molecule has 3 aromatic rings. The number of rotatable bonds is 5. The third-order valence-corrected chi connectivity index (χ3v) is 7.47. The Kier molecular flexibility index (Phi) is 7.30. The van der Waals surface area contributed by atoms with Crippen molar-refractivity contribution in [2.45, 2.75) is 32.4 Å². The van der Waals surface area contributed by atoms with E-state index in [0.717, 1.165) is 22.3 Å². The molecule has 0 bridgehead atoms. The Balaban J connectivity index is 1.75. The summed E-state index contributed by atoms with van der Waals surface area (Å²) in [6.45, 7) is 5.75. The first kappa shape index (κ1) is 24.6. The van der Waals surface area contributed by atoms with Crippen LogP contribution in [0.3, 0.4) is 0 Å². The van der Waals surface area contributed by atoms with Gasteiger partial charge in [0, 0.05) is 10.7 Å². The molecule has 0 aliphatic carbocycles. The molecule has 2 amide bonds. The molecule has 0 radical (unpaired) electrons. The van der Waals surface area contributed by atoms with Crippen LogP contribution >= 0.6 is 23.4 Å². The number of thioether (sulfide) groups is 1. The van der Waals surface area contributed by atoms with Crippen LogP contribution in [-0.4, -0.2) is 17.1 Å². The number of benzene rings is 3. The van der Waals surface area contributed by atoms with Gasteiger partial charge in [-0.2, -0.15) is 5.26 Å². The Morgan fingerprint density at radius 1 is 1.06 bits per heavy atom. The highest BCUT2D eigenvalue weighted by Gasteiger charge is 2.41. The summed E-state index contributed by atoms with van der Waals surface area (Å²) in [7, 11) is 0. The van der Waals surface area contributed by atoms with Gasteiger partial charge in [-0.15, -0.1) is 0 Å². The van der Waals surface area contributed by atoms with Crippen LogP contribution in [0.4, 0.5) is 11.4 Å². The number of para-hydroxylation sites is 1. The topological polar surface area (TPSA) is 73.2 Å². The Morgan fingerprint density at radius 3 is 2.51 bits per heavy atom. The molecular weight excluding hydrogens is 478 g/mol. The van der Waals surface area contributed by atoms with Crippen LogP contribution in [0.5, 0.6) is 0 Å². The zero-order chi connectivity index (χ0) is 25.1. The lowest BCUT2D eigenvalue weighted by Gasteiger charge is -2.20. The number of amides is 2. The second kappa shape index (κ2) is 10.4. The van der Waals surface area contributed by atoms with Gasteiger partial charge in [0.25, 0.3) is 5.91 Å². The van der Waals surface area contributed by atoms with Crippen LogP contribution in [0.25, 0.3) is 0 Å². The fraction of sp³-hybridized carbons (Fsp3) is 0.179. The number of hydrogen-bond donors (Lipinski definition) is 1. The molecule has 1 fully saturated rings. The molecule has 5 nitrogen and oxygen atoms in total. The van der Waals surface area contributed by atoms with Gasteiger partial charge in [-0.1, -0.05) is 65.8 Å². The Morgan fingerprint density at radius 2 is 1.83 bits per heavy atom. The molecule has 4 rings (SSSR count). The first-order valence-electron chi connectivity index (χ1n) is 11.1. The number of nitriles is 1. The first-order valence-corrected chi connectivity index (χ1v) is 12.4. The quantitative estimate of drug-likeness (QED) is 0.327. The van der Waals surface area contributed by atoms with E-state index in [1.807, 2.05) is 81.4 Å². The van der Waals surface area contributed by atoms with Crippen molar-refractivity contribution in [2.24, 2.45) is 0 Å². The molecule has 1 heterocycles. The van der Waals surface area contributed by atoms with E-state index >= 15 is 0 Å². The normalized spacial score (nSPS) is 16.7. The highest BCUT2D eigenvalue weighted by Crippen LogP contribution is 2.43. The summed E-state index contributed by atoms with van der Waals surface area (Å²) in [5.41, 5.74) is 4.87. The molecule has 3 aromatic carbocycles. The Labute approximate surface area is 214 Å². The number of carbonyl (C=O) groups excluding carboxylic acids is 2. The minimum atomic E-state index is -0.550. The predicted octanol–water partition coefficient (Wildman–Crippen LogP) is 6.33. The summed E-state index contributed by atoms with van der Waals surface area (Å²) in [6.07, 6.45) is 0.424. The van der Waals surface area contributed by atoms with Crippen LogP contribution in [0.1, 0.15) is 22.3 Å². The first-order chi connectivity index (χ1) is 16.8. The number of anilines is 2. The Bertz CT molecular complexity index is 1390. The van der Waals surface area contributed by atoms with Crippen molar-refractivity contribution < 1.29 is 9.59 Å². The zero-order valence-electron chi connectivity index (χ0n) is 19.6. The highest BCUT2D eigenvalue weighted by atomic mass is 35.5. The molecule has 35 heavy (non-hydrogen) atoms. The molecule has 1 saturated heterocycles. The number of halogens is 1. The second-order valence-corrected chi connectivity index (χ2v) is 10.1. The average Bonchev–Trinajstić information content (AvgIpc) is 3.12. The van der Waals surface area contributed by atoms with Gasteiger partial charge >= 0.3 is 0 Å². The van der Waals surface area contributed by atoms with Gasteiger partial charge < -0.3 is 5.32 Å². The molecule has 0 aromatic heterocycles. The maximum atomic E-state index is 13.7. The molecular formula is C28H24ClN3O2S. The van der Waals surface area contributed by atoms with E-state index < -0.39 is 11.2 Å². The van der Waals surface area contributed by atoms with E-state index in [9.17, 15) is 14.9 Å². The molecule has 0 spiro atoms. The molecule has 1 aliphatic heterocycles. The van der Waals surface area contributed by atoms with Crippen molar-refractivity contribution in [1.82, 2.24) is 0 Å². The standard InChI is InChI=1S/C28H24ClN3O2S/c1-17-7-6-9-21(13-17)31-26(33)22(16-30)28-32(24-10-5-4-8-19(24)3)27(34)25(35-28)15-20-12-11-18(2)23(29)14-20/h4-14,25H,15H2,1-3H3,(H,31,33)/b28-22-. The van der Waals surface area contributed by atoms with Crippen molar-refractivity contribution in [1.29, 1.82) is 5.26 Å². The minimum Gasteiger partial charge on any atom is -0.321 e. The summed E-state index contributed by atoms with van der Waals surface area (Å²) in [4.78, 5) is 28.4. The summed E-state index contributed by atoms with van der Waals surface area (Å²) >= 11 is 7.54. The van der Waals surface area contributed by atoms with Gasteiger partial charge in [0.05, 0.1) is 10.9 Å². The van der Waals surface area contributed by atoms with Crippen molar-refractivity contribution in [2.75, 3.05) is 10.2 Å². The van der Waals surface area contributed by atoms with E-state index in [-0.39, 0.29) is 11.5 Å². The maximum Gasteiger partial charge on any atom is 0.269 e. The molecule has 1 N–H and O–H groups in total. The molecule has 1 atom stereocenters. The van der Waals surface area contributed by atoms with Crippen LogP contribution in [0.15, 0.2) is 77.3 Å². The van der Waals surface area contributed by atoms with Crippen molar-refractivity contribution in [3.05, 3.63) is 105 Å². The predicted molar refractivity (Wildman–Crippen MR) is 142 cm³/mol. The third-order valence-electron chi connectivity index (χ3n) is 5.80. The molecule has 1 aliphatic rings. The number of nitrogens with one attached hydrogen (secondary N) is 1. The van der Waals surface area contributed by atoms with Crippen molar-refractivity contribution in [3.63, 3.8) is 0 Å². The minimum absolute atomic E-state index is 0.0995. The smallest absolute Gasteiger partial charge is 0.269 e. The third kappa shape index (κ3) is 5.27. The molecule has 7 heteroatoms. The summed E-state index contributed by atoms with van der Waals surface area (Å²) in [5, 5.41) is 13.3. The lowest BCUT2D eigenvalue weighted by Crippen LogP contribution is -2.31. The fourth-order valence-electron chi connectivity index (χ4n) is 3.91. The zero-order valence-corrected chi connectivity index (χ0v) is 21.2. The molecule has 0 saturated carbocycles. The largest absolute Gasteiger partial charge is 0.321 e. The van der Waals surface area contributed by atoms with E-state index in [1.54, 1.807) is 6.07 Å². The highest BCUT2D eigenvalue weighted by molar-refractivity contribution is 8.05. The summed E-state index contributed by atoms with van der Waals surface area (Å²) < 4.78 is 0. The molecule has 1 unspecified atom stereocenters. The Hall–Kier alpha value is -3.53. The monoisotopic (exact) mass is 501 g/mol.